The second-order valence-electron chi connectivity index (χ2n) is 6.48. The summed E-state index contributed by atoms with van der Waals surface area (Å²) in [4.78, 5) is 4.37. The molecule has 0 amide bonds. The monoisotopic (exact) mass is 363 g/mol. The minimum absolute atomic E-state index is 0.0717. The number of rotatable bonds is 7. The van der Waals surface area contributed by atoms with Crippen molar-refractivity contribution in [3.05, 3.63) is 51.4 Å². The van der Waals surface area contributed by atoms with E-state index in [1.54, 1.807) is 11.3 Å². The lowest BCUT2D eigenvalue weighted by Gasteiger charge is -2.45. The first-order valence-electron chi connectivity index (χ1n) is 8.82. The van der Waals surface area contributed by atoms with Crippen LogP contribution in [-0.2, 0) is 12.0 Å². The van der Waals surface area contributed by atoms with Crippen molar-refractivity contribution in [3.63, 3.8) is 0 Å². The van der Waals surface area contributed by atoms with E-state index in [9.17, 15) is 0 Å². The van der Waals surface area contributed by atoms with Crippen molar-refractivity contribution < 1.29 is 0 Å². The Morgan fingerprint density at radius 2 is 2.21 bits per heavy atom. The lowest BCUT2D eigenvalue weighted by Crippen LogP contribution is -2.58. The predicted molar refractivity (Wildman–Crippen MR) is 103 cm³/mol. The van der Waals surface area contributed by atoms with E-state index < -0.39 is 0 Å². The number of thiazole rings is 1. The maximum absolute atomic E-state index is 6.55. The summed E-state index contributed by atoms with van der Waals surface area (Å²) in [6.07, 6.45) is 8.88. The summed E-state index contributed by atoms with van der Waals surface area (Å²) in [5.74, 6) is 0. The van der Waals surface area contributed by atoms with Crippen molar-refractivity contribution >= 4 is 22.9 Å². The number of aryl methyl sites for hydroxylation is 1. The van der Waals surface area contributed by atoms with Crippen molar-refractivity contribution in [2.45, 2.75) is 50.1 Å². The molecule has 1 heterocycles. The Hall–Kier alpha value is -0.940. The van der Waals surface area contributed by atoms with E-state index in [1.165, 1.54) is 29.8 Å². The minimum Gasteiger partial charge on any atom is -0.312 e. The van der Waals surface area contributed by atoms with E-state index in [0.717, 1.165) is 30.8 Å². The van der Waals surface area contributed by atoms with Crippen LogP contribution in [0.3, 0.4) is 0 Å². The molecule has 130 valence electrons. The van der Waals surface area contributed by atoms with Gasteiger partial charge in [0, 0.05) is 29.1 Å². The van der Waals surface area contributed by atoms with Crippen LogP contribution in [0.4, 0.5) is 0 Å². The standard InChI is InChI=1S/C19H26ClN3S/c1-21-19(15-7-2-3-8-16(15)20)11-5-4-9-17(19)22-12-6-10-18-23-13-14-24-18/h2-3,7-8,13-14,17,21-22H,4-6,9-12H2,1H3. The number of likely N-dealkylation sites (N-methyl/N-ethyl adjacent to an activating group) is 1. The van der Waals surface area contributed by atoms with Gasteiger partial charge in [-0.05, 0) is 44.5 Å². The Morgan fingerprint density at radius 3 is 2.96 bits per heavy atom. The number of hydrogen-bond donors (Lipinski definition) is 2. The molecule has 1 aromatic heterocycles. The van der Waals surface area contributed by atoms with Gasteiger partial charge in [0.1, 0.15) is 0 Å². The first-order chi connectivity index (χ1) is 11.8. The summed E-state index contributed by atoms with van der Waals surface area (Å²) in [5, 5.41) is 11.6. The van der Waals surface area contributed by atoms with E-state index in [2.05, 4.69) is 34.8 Å². The van der Waals surface area contributed by atoms with Crippen LogP contribution in [0.1, 0.15) is 42.7 Å². The molecule has 1 aliphatic rings. The average Bonchev–Trinajstić information content (AvgIpc) is 3.13. The third kappa shape index (κ3) is 3.83. The third-order valence-electron chi connectivity index (χ3n) is 5.15. The highest BCUT2D eigenvalue weighted by molar-refractivity contribution is 7.09. The Bertz CT molecular complexity index is 631. The second-order valence-corrected chi connectivity index (χ2v) is 7.87. The van der Waals surface area contributed by atoms with E-state index >= 15 is 0 Å². The first kappa shape index (κ1) is 17.9. The molecule has 1 aromatic carbocycles. The SMILES string of the molecule is CNC1(c2ccccc2Cl)CCCCC1NCCCc1nccs1. The zero-order valence-corrected chi connectivity index (χ0v) is 15.8. The van der Waals surface area contributed by atoms with E-state index in [-0.39, 0.29) is 5.54 Å². The normalized spacial score (nSPS) is 24.2. The van der Waals surface area contributed by atoms with Gasteiger partial charge in [-0.2, -0.15) is 0 Å². The average molecular weight is 364 g/mol. The fraction of sp³-hybridized carbons (Fsp3) is 0.526. The molecule has 0 saturated heterocycles. The summed E-state index contributed by atoms with van der Waals surface area (Å²) in [7, 11) is 2.07. The van der Waals surface area contributed by atoms with Gasteiger partial charge in [0.05, 0.1) is 10.5 Å². The largest absolute Gasteiger partial charge is 0.312 e. The molecule has 0 spiro atoms. The van der Waals surface area contributed by atoms with Crippen molar-refractivity contribution in [2.24, 2.45) is 0 Å². The zero-order chi connectivity index (χ0) is 16.8. The molecular formula is C19H26ClN3S. The van der Waals surface area contributed by atoms with Gasteiger partial charge in [0.15, 0.2) is 0 Å². The molecule has 1 saturated carbocycles. The number of benzene rings is 1. The Labute approximate surface area is 153 Å². The van der Waals surface area contributed by atoms with E-state index in [0.29, 0.717) is 6.04 Å². The molecule has 3 nitrogen and oxygen atoms in total. The van der Waals surface area contributed by atoms with Crippen LogP contribution in [-0.4, -0.2) is 24.6 Å². The maximum Gasteiger partial charge on any atom is 0.0925 e. The van der Waals surface area contributed by atoms with Crippen LogP contribution in [0.15, 0.2) is 35.8 Å². The molecule has 0 radical (unpaired) electrons. The van der Waals surface area contributed by atoms with Crippen LogP contribution >= 0.6 is 22.9 Å². The number of nitrogens with zero attached hydrogens (tertiary/aromatic N) is 1. The molecule has 2 unspecified atom stereocenters. The molecule has 0 aliphatic heterocycles. The van der Waals surface area contributed by atoms with Gasteiger partial charge in [-0.25, -0.2) is 4.98 Å². The molecule has 1 fully saturated rings. The van der Waals surface area contributed by atoms with Gasteiger partial charge in [0.2, 0.25) is 0 Å². The van der Waals surface area contributed by atoms with Crippen LogP contribution in [0.5, 0.6) is 0 Å². The Balaban J connectivity index is 1.68. The van der Waals surface area contributed by atoms with Gasteiger partial charge >= 0.3 is 0 Å². The van der Waals surface area contributed by atoms with Gasteiger partial charge in [-0.15, -0.1) is 11.3 Å². The van der Waals surface area contributed by atoms with Gasteiger partial charge in [-0.3, -0.25) is 0 Å². The van der Waals surface area contributed by atoms with Crippen LogP contribution < -0.4 is 10.6 Å². The molecule has 2 N–H and O–H groups in total. The molecule has 5 heteroatoms. The minimum atomic E-state index is -0.0717. The van der Waals surface area contributed by atoms with Crippen molar-refractivity contribution in [1.29, 1.82) is 0 Å². The van der Waals surface area contributed by atoms with Crippen LogP contribution in [0.2, 0.25) is 5.02 Å². The first-order valence-corrected chi connectivity index (χ1v) is 10.1. The van der Waals surface area contributed by atoms with Gasteiger partial charge in [-0.1, -0.05) is 42.6 Å². The molecule has 3 rings (SSSR count). The highest BCUT2D eigenvalue weighted by atomic mass is 35.5. The molecule has 2 aromatic rings. The highest BCUT2D eigenvalue weighted by Crippen LogP contribution is 2.40. The van der Waals surface area contributed by atoms with E-state index in [1.807, 2.05) is 23.7 Å². The second kappa shape index (κ2) is 8.43. The lowest BCUT2D eigenvalue weighted by atomic mass is 9.72. The smallest absolute Gasteiger partial charge is 0.0925 e. The Morgan fingerprint density at radius 1 is 1.33 bits per heavy atom. The van der Waals surface area contributed by atoms with Crippen LogP contribution in [0, 0.1) is 0 Å². The third-order valence-corrected chi connectivity index (χ3v) is 6.32. The summed E-state index contributed by atoms with van der Waals surface area (Å²) >= 11 is 8.29. The number of halogens is 1. The van der Waals surface area contributed by atoms with Crippen molar-refractivity contribution in [2.75, 3.05) is 13.6 Å². The summed E-state index contributed by atoms with van der Waals surface area (Å²) in [5.41, 5.74) is 1.16. The molecule has 0 bridgehead atoms. The fourth-order valence-electron chi connectivity index (χ4n) is 3.92. The summed E-state index contributed by atoms with van der Waals surface area (Å²) in [6.45, 7) is 1.01. The summed E-state index contributed by atoms with van der Waals surface area (Å²) in [6, 6.07) is 8.69. The Kier molecular flexibility index (Phi) is 6.28. The molecular weight excluding hydrogens is 338 g/mol. The van der Waals surface area contributed by atoms with E-state index in [4.69, 9.17) is 11.6 Å². The zero-order valence-electron chi connectivity index (χ0n) is 14.2. The van der Waals surface area contributed by atoms with Gasteiger partial charge in [0.25, 0.3) is 0 Å². The molecule has 1 aliphatic carbocycles. The predicted octanol–water partition coefficient (Wildman–Crippen LogP) is 4.38. The highest BCUT2D eigenvalue weighted by Gasteiger charge is 2.41. The number of nitrogens with one attached hydrogen (secondary N) is 2. The van der Waals surface area contributed by atoms with Crippen molar-refractivity contribution in [1.82, 2.24) is 15.6 Å². The summed E-state index contributed by atoms with van der Waals surface area (Å²) < 4.78 is 0. The van der Waals surface area contributed by atoms with Crippen molar-refractivity contribution in [3.8, 4) is 0 Å². The lowest BCUT2D eigenvalue weighted by molar-refractivity contribution is 0.178. The fourth-order valence-corrected chi connectivity index (χ4v) is 4.89. The maximum atomic E-state index is 6.55. The molecule has 2 atom stereocenters. The number of aromatic nitrogens is 1. The number of hydrogen-bond acceptors (Lipinski definition) is 4. The van der Waals surface area contributed by atoms with Gasteiger partial charge < -0.3 is 10.6 Å². The van der Waals surface area contributed by atoms with Crippen LogP contribution in [0.25, 0.3) is 0 Å². The topological polar surface area (TPSA) is 37.0 Å². The molecule has 24 heavy (non-hydrogen) atoms. The quantitative estimate of drug-likeness (QED) is 0.717.